The lowest BCUT2D eigenvalue weighted by atomic mass is 10.1. The molecule has 0 amide bonds. The summed E-state index contributed by atoms with van der Waals surface area (Å²) in [6.45, 7) is 5.22. The Balaban J connectivity index is 1.86. The maximum absolute atomic E-state index is 6.21. The number of fused-ring (bicyclic) bond motifs is 1. The molecule has 5 heteroatoms. The molecule has 0 saturated heterocycles. The van der Waals surface area contributed by atoms with Crippen LogP contribution in [0, 0.1) is 0 Å². The Morgan fingerprint density at radius 1 is 1.29 bits per heavy atom. The number of ether oxygens (including phenoxy) is 1. The molecule has 0 spiro atoms. The third-order valence-corrected chi connectivity index (χ3v) is 5.56. The van der Waals surface area contributed by atoms with Gasteiger partial charge in [0, 0.05) is 29.6 Å². The monoisotopic (exact) mass is 341 g/mol. The minimum Gasteiger partial charge on any atom is -0.484 e. The van der Waals surface area contributed by atoms with Gasteiger partial charge in [-0.15, -0.1) is 11.3 Å². The highest BCUT2D eigenvalue weighted by molar-refractivity contribution is 7.10. The molecule has 2 aromatic rings. The van der Waals surface area contributed by atoms with Gasteiger partial charge in [-0.05, 0) is 36.5 Å². The third kappa shape index (κ3) is 3.37. The molecule has 1 aromatic carbocycles. The van der Waals surface area contributed by atoms with Crippen molar-refractivity contribution in [3.63, 3.8) is 0 Å². The van der Waals surface area contributed by atoms with Crippen LogP contribution in [0.4, 0.5) is 0 Å². The molecule has 1 aliphatic rings. The summed E-state index contributed by atoms with van der Waals surface area (Å²) in [7, 11) is 0. The van der Waals surface area contributed by atoms with Crippen LogP contribution in [-0.2, 0) is 6.42 Å². The minimum absolute atomic E-state index is 0.0472. The molecule has 0 fully saturated rings. The maximum atomic E-state index is 6.21. The lowest BCUT2D eigenvalue weighted by Crippen LogP contribution is -2.30. The van der Waals surface area contributed by atoms with Crippen molar-refractivity contribution in [3.8, 4) is 5.75 Å². The average molecular weight is 342 g/mol. The summed E-state index contributed by atoms with van der Waals surface area (Å²) in [6, 6.07) is 7.63. The Hall–Kier alpha value is -0.740. The fourth-order valence-corrected chi connectivity index (χ4v) is 3.84. The molecule has 0 radical (unpaired) electrons. The predicted octanol–water partition coefficient (Wildman–Crippen LogP) is 5.05. The zero-order valence-corrected chi connectivity index (χ0v) is 14.1. The molecule has 0 aliphatic carbocycles. The number of likely N-dealkylation sites (N-methyl/N-ethyl adjacent to an activating group) is 1. The second-order valence-corrected chi connectivity index (χ2v) is 6.94. The fraction of sp³-hybridized carbons (Fsp3) is 0.375. The highest BCUT2D eigenvalue weighted by Gasteiger charge is 2.24. The van der Waals surface area contributed by atoms with Crippen molar-refractivity contribution in [1.29, 1.82) is 0 Å². The molecule has 1 unspecified atom stereocenters. The van der Waals surface area contributed by atoms with Gasteiger partial charge in [0.05, 0.1) is 10.0 Å². The Labute approximate surface area is 139 Å². The van der Waals surface area contributed by atoms with Crippen LogP contribution in [-0.4, -0.2) is 24.5 Å². The van der Waals surface area contributed by atoms with Crippen LogP contribution in [0.1, 0.15) is 23.5 Å². The maximum Gasteiger partial charge on any atom is 0.137 e. The highest BCUT2D eigenvalue weighted by atomic mass is 35.5. The van der Waals surface area contributed by atoms with E-state index in [1.807, 2.05) is 17.4 Å². The Kier molecular flexibility index (Phi) is 4.75. The summed E-state index contributed by atoms with van der Waals surface area (Å²) < 4.78 is 6.21. The largest absolute Gasteiger partial charge is 0.484 e. The quantitative estimate of drug-likeness (QED) is 0.774. The van der Waals surface area contributed by atoms with E-state index in [0.717, 1.165) is 31.8 Å². The molecule has 1 atom stereocenters. The zero-order chi connectivity index (χ0) is 14.8. The normalized spacial score (nSPS) is 19.1. The Morgan fingerprint density at radius 2 is 2.14 bits per heavy atom. The number of hydrogen-bond acceptors (Lipinski definition) is 3. The summed E-state index contributed by atoms with van der Waals surface area (Å²) in [6.07, 6.45) is 1.15. The van der Waals surface area contributed by atoms with Crippen LogP contribution >= 0.6 is 34.5 Å². The molecular formula is C16H17Cl2NOS. The Morgan fingerprint density at radius 3 is 2.90 bits per heavy atom. The SMILES string of the molecule is CCN1CCc2sccc2C(Oc2ccc(Cl)c(Cl)c2)C1. The first kappa shape index (κ1) is 15.2. The predicted molar refractivity (Wildman–Crippen MR) is 90.0 cm³/mol. The molecule has 2 heterocycles. The van der Waals surface area contributed by atoms with Crippen molar-refractivity contribution in [2.45, 2.75) is 19.4 Å². The first-order valence-electron chi connectivity index (χ1n) is 7.07. The van der Waals surface area contributed by atoms with Crippen LogP contribution < -0.4 is 4.74 Å². The lowest BCUT2D eigenvalue weighted by Gasteiger charge is -2.24. The lowest BCUT2D eigenvalue weighted by molar-refractivity contribution is 0.144. The number of hydrogen-bond donors (Lipinski definition) is 0. The van der Waals surface area contributed by atoms with Crippen molar-refractivity contribution < 1.29 is 4.74 Å². The molecule has 1 aliphatic heterocycles. The van der Waals surface area contributed by atoms with E-state index in [9.17, 15) is 0 Å². The second kappa shape index (κ2) is 6.57. The molecule has 0 bridgehead atoms. The molecule has 0 saturated carbocycles. The van der Waals surface area contributed by atoms with Gasteiger partial charge in [-0.25, -0.2) is 0 Å². The van der Waals surface area contributed by atoms with Gasteiger partial charge in [0.25, 0.3) is 0 Å². The van der Waals surface area contributed by atoms with E-state index in [1.54, 1.807) is 12.1 Å². The summed E-state index contributed by atoms with van der Waals surface area (Å²) in [5.74, 6) is 0.768. The van der Waals surface area contributed by atoms with Gasteiger partial charge in [0.1, 0.15) is 11.9 Å². The van der Waals surface area contributed by atoms with Gasteiger partial charge in [0.2, 0.25) is 0 Å². The van der Waals surface area contributed by atoms with E-state index in [1.165, 1.54) is 10.4 Å². The first-order chi connectivity index (χ1) is 10.2. The van der Waals surface area contributed by atoms with Gasteiger partial charge in [-0.3, -0.25) is 4.90 Å². The van der Waals surface area contributed by atoms with Gasteiger partial charge in [-0.1, -0.05) is 30.1 Å². The summed E-state index contributed by atoms with van der Waals surface area (Å²) in [5.41, 5.74) is 1.31. The van der Waals surface area contributed by atoms with Crippen molar-refractivity contribution in [2.24, 2.45) is 0 Å². The van der Waals surface area contributed by atoms with E-state index in [2.05, 4.69) is 23.3 Å². The molecule has 3 rings (SSSR count). The number of halogens is 2. The van der Waals surface area contributed by atoms with Crippen LogP contribution in [0.15, 0.2) is 29.6 Å². The van der Waals surface area contributed by atoms with Crippen molar-refractivity contribution in [2.75, 3.05) is 19.6 Å². The molecular weight excluding hydrogens is 325 g/mol. The van der Waals surface area contributed by atoms with E-state index >= 15 is 0 Å². The van der Waals surface area contributed by atoms with Crippen molar-refractivity contribution in [3.05, 3.63) is 50.1 Å². The molecule has 21 heavy (non-hydrogen) atoms. The molecule has 2 nitrogen and oxygen atoms in total. The van der Waals surface area contributed by atoms with E-state index < -0.39 is 0 Å². The summed E-state index contributed by atoms with van der Waals surface area (Å²) in [5, 5.41) is 3.23. The summed E-state index contributed by atoms with van der Waals surface area (Å²) in [4.78, 5) is 3.85. The van der Waals surface area contributed by atoms with Crippen molar-refractivity contribution in [1.82, 2.24) is 4.90 Å². The van der Waals surface area contributed by atoms with E-state index in [0.29, 0.717) is 10.0 Å². The molecule has 1 aromatic heterocycles. The van der Waals surface area contributed by atoms with Gasteiger partial charge >= 0.3 is 0 Å². The molecule has 112 valence electrons. The topological polar surface area (TPSA) is 12.5 Å². The van der Waals surface area contributed by atoms with Crippen LogP contribution in [0.2, 0.25) is 10.0 Å². The van der Waals surface area contributed by atoms with Gasteiger partial charge < -0.3 is 4.74 Å². The minimum atomic E-state index is 0.0472. The number of benzene rings is 1. The highest BCUT2D eigenvalue weighted by Crippen LogP contribution is 2.33. The van der Waals surface area contributed by atoms with Crippen LogP contribution in [0.5, 0.6) is 5.75 Å². The Bertz CT molecular complexity index is 628. The summed E-state index contributed by atoms with van der Waals surface area (Å²) >= 11 is 13.9. The second-order valence-electron chi connectivity index (χ2n) is 5.12. The van der Waals surface area contributed by atoms with Crippen LogP contribution in [0.3, 0.4) is 0 Å². The number of nitrogens with zero attached hydrogens (tertiary/aromatic N) is 1. The molecule has 0 N–H and O–H groups in total. The fourth-order valence-electron chi connectivity index (χ4n) is 2.63. The third-order valence-electron chi connectivity index (χ3n) is 3.82. The van der Waals surface area contributed by atoms with Gasteiger partial charge in [-0.2, -0.15) is 0 Å². The van der Waals surface area contributed by atoms with Crippen molar-refractivity contribution >= 4 is 34.5 Å². The zero-order valence-electron chi connectivity index (χ0n) is 11.8. The van der Waals surface area contributed by atoms with E-state index in [4.69, 9.17) is 27.9 Å². The average Bonchev–Trinajstić information content (AvgIpc) is 2.88. The number of thiophene rings is 1. The number of rotatable bonds is 3. The smallest absolute Gasteiger partial charge is 0.137 e. The van der Waals surface area contributed by atoms with Gasteiger partial charge in [0.15, 0.2) is 0 Å². The first-order valence-corrected chi connectivity index (χ1v) is 8.71. The van der Waals surface area contributed by atoms with Crippen LogP contribution in [0.25, 0.3) is 0 Å². The standard InChI is InChI=1S/C16H17Cl2NOS/c1-2-19-7-5-16-12(6-8-21-16)15(10-19)20-11-3-4-13(17)14(18)9-11/h3-4,6,8-9,15H,2,5,7,10H2,1H3. The van der Waals surface area contributed by atoms with E-state index in [-0.39, 0.29) is 6.10 Å².